The lowest BCUT2D eigenvalue weighted by molar-refractivity contribution is 0.0977. The number of phenols is 3. The van der Waals surface area contributed by atoms with Gasteiger partial charge in [0.2, 0.25) is 17.1 Å². The zero-order valence-corrected chi connectivity index (χ0v) is 65.1. The van der Waals surface area contributed by atoms with E-state index in [2.05, 4.69) is 76.1 Å². The molecule has 0 spiro atoms. The highest BCUT2D eigenvalue weighted by molar-refractivity contribution is 6.46. The third-order valence-corrected chi connectivity index (χ3v) is 20.3. The number of pyridine rings is 3. The monoisotopic (exact) mass is 1650 g/mol. The second-order valence-electron chi connectivity index (χ2n) is 25.8. The standard InChI is InChI=1S/2C28H18Cl2N6O3.C27H16Cl2N6O3/c1-12-7-9-14(10-8-12)33-28-23(32-3)13(2)22(27(31)34-28)35-36-24-17(30)11-16(29)20-21(24)25(38)15-5-4-6-18(37)19(15)26(20)39;1-12-7-9-14(10-8-12)33-28-23(13(2)22(32-3)27(31)34-28)35-36-24-17(30)11-16(29)20-21(24)25(38)15-5-4-6-18(37)19(15)26(20)39;1-12-21(26(30)33-27(22(12)31-2)32-13-7-4-3-5-8-13)34-35-23-16(29)11-15(28)19-20(23)24(37)14-9-6-10-17(36)18(14)25(19)38/h2*4-11,37H,1-2H3,(H3,31,33,34);3-11,36H,1H3,(H3,30,32,33). The maximum atomic E-state index is 13.5. The number of para-hydroxylation sites is 1. The van der Waals surface area contributed by atoms with Crippen molar-refractivity contribution in [1.82, 2.24) is 15.0 Å². The minimum atomic E-state index is -0.644. The summed E-state index contributed by atoms with van der Waals surface area (Å²) in [4.78, 5) is 104. The van der Waals surface area contributed by atoms with E-state index in [-0.39, 0.29) is 200 Å². The Morgan fingerprint density at radius 2 is 0.612 bits per heavy atom. The largest absolute Gasteiger partial charge is 0.507 e. The summed E-state index contributed by atoms with van der Waals surface area (Å²) < 4.78 is 0. The summed E-state index contributed by atoms with van der Waals surface area (Å²) in [6.07, 6.45) is 0. The summed E-state index contributed by atoms with van der Waals surface area (Å²) in [5.74, 6) is -4.05. The average molecular weight is 1660 g/mol. The molecule has 0 saturated heterocycles. The Kier molecular flexibility index (Phi) is 22.3. The molecular formula is C83H52Cl6N18O9. The second-order valence-corrected chi connectivity index (χ2v) is 28.2. The smallest absolute Gasteiger partial charge is 0.233 e. The lowest BCUT2D eigenvalue weighted by Gasteiger charge is -2.21. The number of phenolic OH excluding ortho intramolecular Hbond substituents is 3. The number of hydrogen-bond acceptors (Lipinski definition) is 24. The Bertz CT molecular complexity index is 6580. The summed E-state index contributed by atoms with van der Waals surface area (Å²) in [6, 6.07) is 40.6. The molecule has 3 aliphatic rings. The number of carbonyl (C=O) groups is 6. The third-order valence-electron chi connectivity index (χ3n) is 18.5. The summed E-state index contributed by atoms with van der Waals surface area (Å²) in [5.41, 5.74) is 23.1. The number of aromatic hydroxyl groups is 3. The molecule has 0 saturated carbocycles. The number of aromatic nitrogens is 3. The first-order valence-electron chi connectivity index (χ1n) is 34.0. The number of aryl methyl sites for hydroxylation is 2. The van der Waals surface area contributed by atoms with Crippen LogP contribution in [0.15, 0.2) is 182 Å². The number of fused-ring (bicyclic) bond motifs is 6. The van der Waals surface area contributed by atoms with Crippen molar-refractivity contribution in [3.63, 3.8) is 0 Å². The van der Waals surface area contributed by atoms with Crippen LogP contribution in [-0.4, -0.2) is 65.0 Å². The van der Waals surface area contributed by atoms with E-state index in [0.29, 0.717) is 28.1 Å². The molecule has 0 radical (unpaired) electrons. The second kappa shape index (κ2) is 32.4. The van der Waals surface area contributed by atoms with Gasteiger partial charge >= 0.3 is 0 Å². The molecule has 3 aliphatic carbocycles. The normalized spacial score (nSPS) is 12.3. The van der Waals surface area contributed by atoms with Crippen LogP contribution in [0.4, 0.5) is 103 Å². The van der Waals surface area contributed by atoms with E-state index in [4.69, 9.17) is 107 Å². The summed E-state index contributed by atoms with van der Waals surface area (Å²) in [7, 11) is 0. The fourth-order valence-electron chi connectivity index (χ4n) is 12.8. The first-order chi connectivity index (χ1) is 55.5. The SMILES string of the molecule is [C-]#[N+]c1c(N)nc(Nc2ccc(C)cc2)c(N=Nc2c(Cl)cc(Cl)c3c2C(=O)c2cccc(O)c2C3=O)c1C.[C-]#[N+]c1c(Nc2ccc(C)cc2)nc(N)c(N=Nc2c(Cl)cc(Cl)c3c2C(=O)c2cccc(O)c2C3=O)c1C.[C-]#[N+]c1c(Nc2ccccc2)nc(N)c(N=Nc2c(Cl)cc(Cl)c3c2C(=O)c2cccc(O)c2C3=O)c1C. The number of benzene rings is 9. The maximum Gasteiger partial charge on any atom is 0.233 e. The van der Waals surface area contributed by atoms with Crippen LogP contribution in [0.1, 0.15) is 123 Å². The topological polar surface area (TPSA) is 403 Å². The Labute approximate surface area is 688 Å². The zero-order chi connectivity index (χ0) is 83.2. The molecule has 0 unspecified atom stereocenters. The molecule has 12 aromatic rings. The van der Waals surface area contributed by atoms with Crippen molar-refractivity contribution in [2.75, 3.05) is 33.2 Å². The highest BCUT2D eigenvalue weighted by Gasteiger charge is 2.41. The predicted octanol–water partition coefficient (Wildman–Crippen LogP) is 23.0. The van der Waals surface area contributed by atoms with Crippen molar-refractivity contribution in [1.29, 1.82) is 0 Å². The van der Waals surface area contributed by atoms with Gasteiger partial charge in [-0.25, -0.2) is 29.5 Å². The number of nitrogens with two attached hydrogens (primary N) is 3. The number of rotatable bonds is 12. The molecular weight excluding hydrogens is 1610 g/mol. The minimum absolute atomic E-state index is 0.00940. The van der Waals surface area contributed by atoms with Gasteiger partial charge in [0.1, 0.15) is 68.8 Å². The fourth-order valence-corrected chi connectivity index (χ4v) is 14.6. The molecule has 116 heavy (non-hydrogen) atoms. The van der Waals surface area contributed by atoms with Gasteiger partial charge in [0.25, 0.3) is 0 Å². The molecule has 15 rings (SSSR count). The van der Waals surface area contributed by atoms with E-state index >= 15 is 0 Å². The van der Waals surface area contributed by atoms with E-state index in [1.165, 1.54) is 72.8 Å². The summed E-state index contributed by atoms with van der Waals surface area (Å²) in [5, 5.41) is 65.1. The zero-order valence-electron chi connectivity index (χ0n) is 60.6. The van der Waals surface area contributed by atoms with E-state index in [1.807, 2.05) is 92.7 Å². The van der Waals surface area contributed by atoms with Crippen LogP contribution in [0.25, 0.3) is 14.5 Å². The fraction of sp³-hybridized carbons (Fsp3) is 0.0602. The number of nitrogens with one attached hydrogen (secondary N) is 3. The van der Waals surface area contributed by atoms with Crippen LogP contribution in [0.3, 0.4) is 0 Å². The van der Waals surface area contributed by atoms with Crippen LogP contribution in [0.2, 0.25) is 30.1 Å². The quantitative estimate of drug-likeness (QED) is 0.0405. The van der Waals surface area contributed by atoms with Gasteiger partial charge in [-0.1, -0.05) is 160 Å². The lowest BCUT2D eigenvalue weighted by Crippen LogP contribution is -2.21. The van der Waals surface area contributed by atoms with Gasteiger partial charge in [0.15, 0.2) is 52.2 Å². The van der Waals surface area contributed by atoms with Crippen molar-refractivity contribution in [2.45, 2.75) is 34.6 Å². The van der Waals surface area contributed by atoms with Gasteiger partial charge in [0.05, 0.1) is 99.9 Å². The molecule has 9 aromatic carbocycles. The van der Waals surface area contributed by atoms with E-state index in [9.17, 15) is 44.1 Å². The lowest BCUT2D eigenvalue weighted by atomic mass is 9.82. The molecule has 0 bridgehead atoms. The van der Waals surface area contributed by atoms with Crippen LogP contribution >= 0.6 is 69.6 Å². The molecule has 12 N–H and O–H groups in total. The van der Waals surface area contributed by atoms with Crippen molar-refractivity contribution in [2.24, 2.45) is 30.7 Å². The van der Waals surface area contributed by atoms with Gasteiger partial charge in [-0.15, -0.1) is 30.7 Å². The van der Waals surface area contributed by atoms with Crippen LogP contribution in [0.5, 0.6) is 17.2 Å². The predicted molar refractivity (Wildman–Crippen MR) is 444 cm³/mol. The van der Waals surface area contributed by atoms with Crippen molar-refractivity contribution >= 4 is 207 Å². The Balaban J connectivity index is 0.000000151. The number of azo groups is 3. The van der Waals surface area contributed by atoms with Gasteiger partial charge in [-0.05, 0) is 124 Å². The minimum Gasteiger partial charge on any atom is -0.507 e. The Hall–Kier alpha value is -14.3. The van der Waals surface area contributed by atoms with Crippen LogP contribution in [0, 0.1) is 54.3 Å². The van der Waals surface area contributed by atoms with Crippen LogP contribution < -0.4 is 33.2 Å². The third kappa shape index (κ3) is 14.7. The van der Waals surface area contributed by atoms with Crippen LogP contribution in [-0.2, 0) is 0 Å². The number of ketones is 6. The molecule has 0 amide bonds. The van der Waals surface area contributed by atoms with Gasteiger partial charge in [-0.2, -0.15) is 0 Å². The molecule has 27 nitrogen and oxygen atoms in total. The number of anilines is 9. The molecule has 0 atom stereocenters. The molecule has 570 valence electrons. The number of nitrogen functional groups attached to an aromatic ring is 3. The Morgan fingerprint density at radius 3 is 0.948 bits per heavy atom. The number of carbonyl (C=O) groups excluding carboxylic acids is 6. The van der Waals surface area contributed by atoms with E-state index in [0.717, 1.165) is 16.8 Å². The van der Waals surface area contributed by atoms with Crippen molar-refractivity contribution in [3.8, 4) is 17.2 Å². The molecule has 0 aliphatic heterocycles. The molecule has 3 aromatic heterocycles. The first kappa shape index (κ1) is 79.7. The van der Waals surface area contributed by atoms with E-state index < -0.39 is 34.7 Å². The average Bonchev–Trinajstić information content (AvgIpc) is 0.741. The molecule has 3 heterocycles. The number of halogens is 6. The molecule has 33 heteroatoms. The van der Waals surface area contributed by atoms with Gasteiger partial charge < -0.3 is 48.5 Å². The summed E-state index contributed by atoms with van der Waals surface area (Å²) >= 11 is 38.2. The Morgan fingerprint density at radius 1 is 0.319 bits per heavy atom. The molecule has 0 fully saturated rings. The van der Waals surface area contributed by atoms with Crippen molar-refractivity contribution < 1.29 is 44.1 Å². The van der Waals surface area contributed by atoms with E-state index in [1.54, 1.807) is 20.8 Å². The maximum absolute atomic E-state index is 13.5. The number of hydrogen-bond donors (Lipinski definition) is 9. The summed E-state index contributed by atoms with van der Waals surface area (Å²) in [6.45, 7) is 31.7. The highest BCUT2D eigenvalue weighted by Crippen LogP contribution is 2.51. The first-order valence-corrected chi connectivity index (χ1v) is 36.3. The van der Waals surface area contributed by atoms with Crippen molar-refractivity contribution in [3.05, 3.63) is 311 Å². The van der Waals surface area contributed by atoms with Gasteiger partial charge in [-0.3, -0.25) is 28.8 Å². The number of nitrogens with zero attached hydrogens (tertiary/aromatic N) is 12. The highest BCUT2D eigenvalue weighted by atomic mass is 35.5. The van der Waals surface area contributed by atoms with Gasteiger partial charge in [0, 0.05) is 33.8 Å².